The second-order valence-electron chi connectivity index (χ2n) is 6.21. The second-order valence-corrected chi connectivity index (χ2v) is 6.21. The normalized spacial score (nSPS) is 13.5. The lowest BCUT2D eigenvalue weighted by molar-refractivity contribution is -0.120. The fourth-order valence-corrected chi connectivity index (χ4v) is 2.78. The predicted octanol–water partition coefficient (Wildman–Crippen LogP) is 1.52. The van der Waals surface area contributed by atoms with E-state index in [-0.39, 0.29) is 24.9 Å². The molecule has 8 heteroatoms. The minimum absolute atomic E-state index is 0.122. The molecule has 0 unspecified atom stereocenters. The first-order valence-electron chi connectivity index (χ1n) is 8.82. The number of hydrogen-bond acceptors (Lipinski definition) is 4. The Labute approximate surface area is 156 Å². The van der Waals surface area contributed by atoms with Gasteiger partial charge in [-0.05, 0) is 36.2 Å². The number of carbonyl (C=O) groups is 3. The number of furan rings is 1. The zero-order chi connectivity index (χ0) is 19.1. The molecular weight excluding hydrogens is 348 g/mol. The number of amides is 4. The molecule has 1 aliphatic rings. The van der Waals surface area contributed by atoms with E-state index in [1.807, 2.05) is 24.3 Å². The molecule has 1 aliphatic heterocycles. The summed E-state index contributed by atoms with van der Waals surface area (Å²) in [5.41, 5.74) is 1.78. The highest BCUT2D eigenvalue weighted by atomic mass is 16.3. The summed E-state index contributed by atoms with van der Waals surface area (Å²) in [6, 6.07) is 10.6. The van der Waals surface area contributed by atoms with Gasteiger partial charge in [-0.3, -0.25) is 9.59 Å². The Kier molecular flexibility index (Phi) is 6.09. The van der Waals surface area contributed by atoms with Crippen LogP contribution in [0.25, 0.3) is 0 Å². The number of carbonyl (C=O) groups excluding carboxylic acids is 3. The number of nitrogens with zero attached hydrogens (tertiary/aromatic N) is 1. The molecule has 1 fully saturated rings. The van der Waals surface area contributed by atoms with Crippen LogP contribution in [0.2, 0.25) is 0 Å². The van der Waals surface area contributed by atoms with E-state index in [1.54, 1.807) is 17.0 Å². The first kappa shape index (κ1) is 18.5. The number of rotatable bonds is 7. The van der Waals surface area contributed by atoms with Crippen LogP contribution in [0.15, 0.2) is 47.1 Å². The van der Waals surface area contributed by atoms with Gasteiger partial charge in [0, 0.05) is 25.2 Å². The molecule has 2 aromatic rings. The highest BCUT2D eigenvalue weighted by molar-refractivity contribution is 5.95. The first-order valence-corrected chi connectivity index (χ1v) is 8.82. The van der Waals surface area contributed by atoms with Crippen LogP contribution in [0.4, 0.5) is 10.5 Å². The molecule has 3 rings (SSSR count). The Morgan fingerprint density at radius 1 is 1.04 bits per heavy atom. The van der Waals surface area contributed by atoms with E-state index >= 15 is 0 Å². The monoisotopic (exact) mass is 370 g/mol. The van der Waals surface area contributed by atoms with Gasteiger partial charge in [0.1, 0.15) is 5.76 Å². The van der Waals surface area contributed by atoms with Crippen molar-refractivity contribution in [2.45, 2.75) is 25.9 Å². The SMILES string of the molecule is O=C(CNC(=O)NCc1ccc(N2CCCC2=O)cc1)NCc1ccco1. The van der Waals surface area contributed by atoms with Crippen molar-refractivity contribution in [3.05, 3.63) is 54.0 Å². The fourth-order valence-electron chi connectivity index (χ4n) is 2.78. The van der Waals surface area contributed by atoms with Crippen molar-refractivity contribution in [1.82, 2.24) is 16.0 Å². The summed E-state index contributed by atoms with van der Waals surface area (Å²) in [5.74, 6) is 0.485. The maximum absolute atomic E-state index is 11.8. The molecule has 0 aliphatic carbocycles. The van der Waals surface area contributed by atoms with E-state index in [1.165, 1.54) is 6.26 Å². The molecule has 1 aromatic heterocycles. The zero-order valence-electron chi connectivity index (χ0n) is 14.9. The number of nitrogens with one attached hydrogen (secondary N) is 3. The summed E-state index contributed by atoms with van der Waals surface area (Å²) in [4.78, 5) is 37.0. The molecule has 0 saturated carbocycles. The van der Waals surface area contributed by atoms with Crippen LogP contribution < -0.4 is 20.9 Å². The molecule has 0 spiro atoms. The Hall–Kier alpha value is -3.29. The van der Waals surface area contributed by atoms with E-state index in [0.717, 1.165) is 24.2 Å². The second kappa shape index (κ2) is 8.88. The molecule has 1 saturated heterocycles. The molecule has 0 radical (unpaired) electrons. The third-order valence-corrected chi connectivity index (χ3v) is 4.22. The van der Waals surface area contributed by atoms with Crippen LogP contribution in [-0.4, -0.2) is 30.9 Å². The molecule has 3 N–H and O–H groups in total. The van der Waals surface area contributed by atoms with Crippen molar-refractivity contribution >= 4 is 23.5 Å². The Morgan fingerprint density at radius 2 is 1.85 bits per heavy atom. The molecule has 27 heavy (non-hydrogen) atoms. The van der Waals surface area contributed by atoms with Gasteiger partial charge in [0.2, 0.25) is 11.8 Å². The lowest BCUT2D eigenvalue weighted by atomic mass is 10.2. The van der Waals surface area contributed by atoms with Gasteiger partial charge in [-0.15, -0.1) is 0 Å². The largest absolute Gasteiger partial charge is 0.467 e. The van der Waals surface area contributed by atoms with Crippen LogP contribution in [-0.2, 0) is 22.7 Å². The summed E-state index contributed by atoms with van der Waals surface area (Å²) >= 11 is 0. The minimum atomic E-state index is -0.429. The number of anilines is 1. The first-order chi connectivity index (χ1) is 13.1. The van der Waals surface area contributed by atoms with Gasteiger partial charge >= 0.3 is 6.03 Å². The van der Waals surface area contributed by atoms with Gasteiger partial charge < -0.3 is 25.3 Å². The highest BCUT2D eigenvalue weighted by Crippen LogP contribution is 2.21. The van der Waals surface area contributed by atoms with Crippen molar-refractivity contribution in [3.8, 4) is 0 Å². The lowest BCUT2D eigenvalue weighted by Crippen LogP contribution is -2.41. The van der Waals surface area contributed by atoms with E-state index in [9.17, 15) is 14.4 Å². The van der Waals surface area contributed by atoms with Gasteiger partial charge in [0.25, 0.3) is 0 Å². The topological polar surface area (TPSA) is 104 Å². The number of benzene rings is 1. The summed E-state index contributed by atoms with van der Waals surface area (Å²) in [5, 5.41) is 7.84. The van der Waals surface area contributed by atoms with Gasteiger partial charge in [0.15, 0.2) is 0 Å². The van der Waals surface area contributed by atoms with E-state index < -0.39 is 6.03 Å². The molecule has 0 bridgehead atoms. The van der Waals surface area contributed by atoms with Crippen LogP contribution >= 0.6 is 0 Å². The van der Waals surface area contributed by atoms with E-state index in [0.29, 0.717) is 18.7 Å². The van der Waals surface area contributed by atoms with Crippen LogP contribution in [0.1, 0.15) is 24.2 Å². The smallest absolute Gasteiger partial charge is 0.315 e. The maximum Gasteiger partial charge on any atom is 0.315 e. The summed E-state index contributed by atoms with van der Waals surface area (Å²) in [7, 11) is 0. The molecule has 1 aromatic carbocycles. The molecule has 0 atom stereocenters. The van der Waals surface area contributed by atoms with Gasteiger partial charge in [-0.1, -0.05) is 12.1 Å². The van der Waals surface area contributed by atoms with Crippen LogP contribution in [0, 0.1) is 0 Å². The molecule has 142 valence electrons. The number of hydrogen-bond donors (Lipinski definition) is 3. The van der Waals surface area contributed by atoms with Gasteiger partial charge in [-0.25, -0.2) is 4.79 Å². The quantitative estimate of drug-likeness (QED) is 0.687. The van der Waals surface area contributed by atoms with Crippen molar-refractivity contribution in [2.24, 2.45) is 0 Å². The van der Waals surface area contributed by atoms with E-state index in [4.69, 9.17) is 4.42 Å². The van der Waals surface area contributed by atoms with Gasteiger partial charge in [0.05, 0.1) is 19.4 Å². The van der Waals surface area contributed by atoms with Crippen LogP contribution in [0.3, 0.4) is 0 Å². The highest BCUT2D eigenvalue weighted by Gasteiger charge is 2.21. The molecule has 8 nitrogen and oxygen atoms in total. The molecular formula is C19H22N4O4. The van der Waals surface area contributed by atoms with Crippen LogP contribution in [0.5, 0.6) is 0 Å². The number of urea groups is 1. The summed E-state index contributed by atoms with van der Waals surface area (Å²) < 4.78 is 5.11. The fraction of sp³-hybridized carbons (Fsp3) is 0.316. The van der Waals surface area contributed by atoms with Crippen molar-refractivity contribution in [3.63, 3.8) is 0 Å². The lowest BCUT2D eigenvalue weighted by Gasteiger charge is -2.16. The van der Waals surface area contributed by atoms with E-state index in [2.05, 4.69) is 16.0 Å². The maximum atomic E-state index is 11.8. The average Bonchev–Trinajstić information content (AvgIpc) is 3.35. The Morgan fingerprint density at radius 3 is 2.52 bits per heavy atom. The molecule has 2 heterocycles. The molecule has 4 amide bonds. The van der Waals surface area contributed by atoms with Gasteiger partial charge in [-0.2, -0.15) is 0 Å². The predicted molar refractivity (Wildman–Crippen MR) is 98.8 cm³/mol. The Bertz CT molecular complexity index is 787. The third-order valence-electron chi connectivity index (χ3n) is 4.22. The van der Waals surface area contributed by atoms with Crippen molar-refractivity contribution in [2.75, 3.05) is 18.0 Å². The van der Waals surface area contributed by atoms with Crippen molar-refractivity contribution in [1.29, 1.82) is 0 Å². The standard InChI is InChI=1S/C19H22N4O4/c24-17(20-12-16-3-2-10-27-16)13-22-19(26)21-11-14-5-7-15(8-6-14)23-9-1-4-18(23)25/h2-3,5-8,10H,1,4,9,11-13H2,(H,20,24)(H2,21,22,26). The summed E-state index contributed by atoms with van der Waals surface area (Å²) in [6.45, 7) is 1.23. The zero-order valence-corrected chi connectivity index (χ0v) is 14.9. The average molecular weight is 370 g/mol. The third kappa shape index (κ3) is 5.34. The van der Waals surface area contributed by atoms with Crippen molar-refractivity contribution < 1.29 is 18.8 Å². The summed E-state index contributed by atoms with van der Waals surface area (Å²) in [6.07, 6.45) is 3.01. The Balaban J connectivity index is 1.36. The minimum Gasteiger partial charge on any atom is -0.467 e.